The Bertz CT molecular complexity index is 570. The highest BCUT2D eigenvalue weighted by Gasteiger charge is 2.27. The quantitative estimate of drug-likeness (QED) is 0.795. The molecule has 6 heteroatoms. The second-order valence-corrected chi connectivity index (χ2v) is 7.42. The van der Waals surface area contributed by atoms with Crippen LogP contribution in [0.4, 0.5) is 0 Å². The first-order valence-electron chi connectivity index (χ1n) is 9.51. The van der Waals surface area contributed by atoms with Gasteiger partial charge >= 0.3 is 0 Å². The molecule has 0 radical (unpaired) electrons. The van der Waals surface area contributed by atoms with Crippen molar-refractivity contribution in [1.29, 1.82) is 0 Å². The summed E-state index contributed by atoms with van der Waals surface area (Å²) in [5.41, 5.74) is 8.93. The first kappa shape index (κ1) is 23.2. The van der Waals surface area contributed by atoms with Gasteiger partial charge in [0.15, 0.2) is 0 Å². The van der Waals surface area contributed by atoms with Gasteiger partial charge in [-0.05, 0) is 43.2 Å². The Kier molecular flexibility index (Phi) is 9.94. The van der Waals surface area contributed by atoms with E-state index in [0.717, 1.165) is 58.2 Å². The Morgan fingerprint density at radius 1 is 1.27 bits per heavy atom. The van der Waals surface area contributed by atoms with Crippen LogP contribution < -0.4 is 11.1 Å². The van der Waals surface area contributed by atoms with Gasteiger partial charge in [-0.2, -0.15) is 0 Å². The lowest BCUT2D eigenvalue weighted by Gasteiger charge is -2.35. The van der Waals surface area contributed by atoms with E-state index < -0.39 is 0 Å². The predicted molar refractivity (Wildman–Crippen MR) is 112 cm³/mol. The number of nitrogens with zero attached hydrogens (tertiary/aromatic N) is 1. The molecule has 3 rings (SSSR count). The average molecular weight is 402 g/mol. The predicted octanol–water partition coefficient (Wildman–Crippen LogP) is 3.30. The lowest BCUT2D eigenvalue weighted by atomic mass is 9.85. The molecule has 3 N–H and O–H groups in total. The molecule has 1 aromatic carbocycles. The van der Waals surface area contributed by atoms with Crippen molar-refractivity contribution < 1.29 is 4.79 Å². The number of fused-ring (bicyclic) bond motifs is 1. The molecule has 148 valence electrons. The lowest BCUT2D eigenvalue weighted by Crippen LogP contribution is -2.47. The third-order valence-electron chi connectivity index (χ3n) is 5.75. The number of carbonyl (C=O) groups is 1. The maximum Gasteiger partial charge on any atom is 0.223 e. The minimum Gasteiger partial charge on any atom is -0.354 e. The molecule has 2 aliphatic rings. The summed E-state index contributed by atoms with van der Waals surface area (Å²) in [4.78, 5) is 15.0. The second-order valence-electron chi connectivity index (χ2n) is 7.42. The maximum absolute atomic E-state index is 12.5. The molecular weight excluding hydrogens is 369 g/mol. The van der Waals surface area contributed by atoms with Gasteiger partial charge in [0.25, 0.3) is 0 Å². The number of rotatable bonds is 5. The van der Waals surface area contributed by atoms with Crippen LogP contribution in [0.1, 0.15) is 50.2 Å². The second kappa shape index (κ2) is 11.1. The number of amides is 1. The summed E-state index contributed by atoms with van der Waals surface area (Å²) >= 11 is 0. The SMILES string of the molecule is CCC(CNC(=O)C1CCCC(N)C1)N1CCc2ccccc2C1.Cl.Cl. The van der Waals surface area contributed by atoms with Crippen LogP contribution in [-0.4, -0.2) is 36.0 Å². The number of nitrogens with one attached hydrogen (secondary N) is 1. The molecule has 1 aromatic rings. The van der Waals surface area contributed by atoms with E-state index in [0.29, 0.717) is 6.04 Å². The van der Waals surface area contributed by atoms with Gasteiger partial charge in [0.2, 0.25) is 5.91 Å². The average Bonchev–Trinajstić information content (AvgIpc) is 2.62. The van der Waals surface area contributed by atoms with Crippen molar-refractivity contribution >= 4 is 30.7 Å². The van der Waals surface area contributed by atoms with Gasteiger partial charge in [-0.25, -0.2) is 0 Å². The van der Waals surface area contributed by atoms with Gasteiger partial charge < -0.3 is 11.1 Å². The van der Waals surface area contributed by atoms with Crippen LogP contribution >= 0.6 is 24.8 Å². The first-order chi connectivity index (χ1) is 11.7. The van der Waals surface area contributed by atoms with Gasteiger partial charge in [-0.15, -0.1) is 24.8 Å². The van der Waals surface area contributed by atoms with Gasteiger partial charge in [-0.3, -0.25) is 9.69 Å². The molecule has 3 unspecified atom stereocenters. The van der Waals surface area contributed by atoms with Crippen LogP contribution in [0.3, 0.4) is 0 Å². The smallest absolute Gasteiger partial charge is 0.223 e. The summed E-state index contributed by atoms with van der Waals surface area (Å²) < 4.78 is 0. The number of nitrogens with two attached hydrogens (primary N) is 1. The zero-order valence-corrected chi connectivity index (χ0v) is 17.3. The number of carbonyl (C=O) groups excluding carboxylic acids is 1. The summed E-state index contributed by atoms with van der Waals surface area (Å²) in [7, 11) is 0. The van der Waals surface area contributed by atoms with Gasteiger partial charge in [0.05, 0.1) is 0 Å². The van der Waals surface area contributed by atoms with Crippen molar-refractivity contribution in [2.75, 3.05) is 13.1 Å². The van der Waals surface area contributed by atoms with Crippen LogP contribution in [0.2, 0.25) is 0 Å². The fourth-order valence-corrected chi connectivity index (χ4v) is 4.19. The van der Waals surface area contributed by atoms with Crippen molar-refractivity contribution in [3.63, 3.8) is 0 Å². The number of hydrogen-bond acceptors (Lipinski definition) is 3. The molecule has 0 spiro atoms. The first-order valence-corrected chi connectivity index (χ1v) is 9.51. The van der Waals surface area contributed by atoms with Gasteiger partial charge in [-0.1, -0.05) is 37.6 Å². The molecule has 0 aromatic heterocycles. The minimum atomic E-state index is 0. The summed E-state index contributed by atoms with van der Waals surface area (Å²) in [6.07, 6.45) is 6.16. The largest absolute Gasteiger partial charge is 0.354 e. The molecule has 4 nitrogen and oxygen atoms in total. The van der Waals surface area contributed by atoms with E-state index in [2.05, 4.69) is 41.4 Å². The van der Waals surface area contributed by atoms with Crippen LogP contribution in [0.25, 0.3) is 0 Å². The molecule has 1 heterocycles. The van der Waals surface area contributed by atoms with Crippen molar-refractivity contribution in [2.45, 2.75) is 64.1 Å². The Morgan fingerprint density at radius 3 is 2.69 bits per heavy atom. The van der Waals surface area contributed by atoms with E-state index in [1.165, 1.54) is 11.1 Å². The topological polar surface area (TPSA) is 58.4 Å². The number of benzene rings is 1. The monoisotopic (exact) mass is 401 g/mol. The zero-order chi connectivity index (χ0) is 16.9. The fraction of sp³-hybridized carbons (Fsp3) is 0.650. The van der Waals surface area contributed by atoms with Crippen molar-refractivity contribution in [3.8, 4) is 0 Å². The van der Waals surface area contributed by atoms with Crippen LogP contribution in [0.5, 0.6) is 0 Å². The zero-order valence-electron chi connectivity index (χ0n) is 15.7. The molecule has 1 saturated carbocycles. The summed E-state index contributed by atoms with van der Waals surface area (Å²) in [6, 6.07) is 9.34. The van der Waals surface area contributed by atoms with E-state index in [-0.39, 0.29) is 42.7 Å². The van der Waals surface area contributed by atoms with Crippen LogP contribution in [0.15, 0.2) is 24.3 Å². The van der Waals surface area contributed by atoms with E-state index in [1.807, 2.05) is 0 Å². The molecule has 1 fully saturated rings. The summed E-state index contributed by atoms with van der Waals surface area (Å²) in [5.74, 6) is 0.328. The normalized spacial score (nSPS) is 23.8. The van der Waals surface area contributed by atoms with Gasteiger partial charge in [0.1, 0.15) is 0 Å². The van der Waals surface area contributed by atoms with E-state index in [9.17, 15) is 4.79 Å². The molecule has 0 saturated heterocycles. The Morgan fingerprint density at radius 2 is 2.00 bits per heavy atom. The number of hydrogen-bond donors (Lipinski definition) is 2. The van der Waals surface area contributed by atoms with Crippen molar-refractivity contribution in [3.05, 3.63) is 35.4 Å². The summed E-state index contributed by atoms with van der Waals surface area (Å²) in [5, 5.41) is 3.21. The van der Waals surface area contributed by atoms with E-state index >= 15 is 0 Å². The Labute approximate surface area is 170 Å². The fourth-order valence-electron chi connectivity index (χ4n) is 4.19. The van der Waals surface area contributed by atoms with E-state index in [4.69, 9.17) is 5.73 Å². The lowest BCUT2D eigenvalue weighted by molar-refractivity contribution is -0.126. The highest BCUT2D eigenvalue weighted by atomic mass is 35.5. The number of halogens is 2. The van der Waals surface area contributed by atoms with Crippen LogP contribution in [0, 0.1) is 5.92 Å². The van der Waals surface area contributed by atoms with Crippen molar-refractivity contribution in [2.24, 2.45) is 11.7 Å². The Balaban J connectivity index is 0.00000169. The maximum atomic E-state index is 12.5. The third-order valence-corrected chi connectivity index (χ3v) is 5.75. The molecule has 3 atom stereocenters. The van der Waals surface area contributed by atoms with Gasteiger partial charge in [0, 0.05) is 37.6 Å². The molecule has 1 aliphatic carbocycles. The van der Waals surface area contributed by atoms with E-state index in [1.54, 1.807) is 0 Å². The third kappa shape index (κ3) is 5.85. The molecule has 1 amide bonds. The molecule has 26 heavy (non-hydrogen) atoms. The molecule has 1 aliphatic heterocycles. The van der Waals surface area contributed by atoms with Crippen LogP contribution in [-0.2, 0) is 17.8 Å². The molecular formula is C20H33Cl2N3O. The van der Waals surface area contributed by atoms with Crippen molar-refractivity contribution in [1.82, 2.24) is 10.2 Å². The summed E-state index contributed by atoms with van der Waals surface area (Å²) in [6.45, 7) is 5.05. The highest BCUT2D eigenvalue weighted by molar-refractivity contribution is 5.85. The molecule has 0 bridgehead atoms. The Hall–Kier alpha value is -0.810. The minimum absolute atomic E-state index is 0. The highest BCUT2D eigenvalue weighted by Crippen LogP contribution is 2.24. The standard InChI is InChI=1S/C20H31N3O.2ClH/c1-2-19(13-22-20(24)16-8-5-9-18(21)12-16)23-11-10-15-6-3-4-7-17(15)14-23;;/h3-4,6-7,16,18-19H,2,5,8-14,21H2,1H3,(H,22,24);2*1H.